The van der Waals surface area contributed by atoms with Crippen LogP contribution in [0.2, 0.25) is 0 Å². The van der Waals surface area contributed by atoms with Crippen LogP contribution < -0.4 is 0 Å². The van der Waals surface area contributed by atoms with Gasteiger partial charge < -0.3 is 4.74 Å². The van der Waals surface area contributed by atoms with Gasteiger partial charge in [-0.3, -0.25) is 0 Å². The molecule has 1 aliphatic heterocycles. The fourth-order valence-corrected chi connectivity index (χ4v) is 3.50. The molecule has 0 amide bonds. The molecule has 0 spiro atoms. The Balaban J connectivity index is 1.89. The van der Waals surface area contributed by atoms with Crippen molar-refractivity contribution in [3.05, 3.63) is 42.2 Å². The molecular weight excluding hydrogens is 240 g/mol. The van der Waals surface area contributed by atoms with Gasteiger partial charge in [-0.1, -0.05) is 30.3 Å². The summed E-state index contributed by atoms with van der Waals surface area (Å²) in [6.45, 7) is 4.31. The Bertz CT molecular complexity index is 379. The zero-order valence-corrected chi connectivity index (χ0v) is 12.1. The molecule has 0 saturated carbocycles. The highest BCUT2D eigenvalue weighted by atomic mass is 32.2. The Morgan fingerprint density at radius 3 is 2.83 bits per heavy atom. The van der Waals surface area contributed by atoms with E-state index in [1.807, 2.05) is 12.3 Å². The third-order valence-electron chi connectivity index (χ3n) is 3.55. The Hall–Kier alpha value is -0.890. The van der Waals surface area contributed by atoms with E-state index in [9.17, 15) is 0 Å². The molecule has 1 aliphatic rings. The molecule has 2 rings (SSSR count). The molecule has 1 nitrogen and oxygen atoms in total. The number of thioether (sulfide) groups is 1. The van der Waals surface area contributed by atoms with Gasteiger partial charge >= 0.3 is 0 Å². The fraction of sp³-hybridized carbons (Fsp3) is 0.500. The first kappa shape index (κ1) is 13.5. The molecule has 1 fully saturated rings. The lowest BCUT2D eigenvalue weighted by atomic mass is 10.00. The Morgan fingerprint density at radius 1 is 1.39 bits per heavy atom. The molecule has 0 bridgehead atoms. The predicted octanol–water partition coefficient (Wildman–Crippen LogP) is 4.60. The van der Waals surface area contributed by atoms with Gasteiger partial charge in [-0.2, -0.15) is 11.8 Å². The molecule has 1 saturated heterocycles. The number of ether oxygens (including phenoxy) is 1. The van der Waals surface area contributed by atoms with Gasteiger partial charge in [0.1, 0.15) is 0 Å². The first-order chi connectivity index (χ1) is 8.77. The van der Waals surface area contributed by atoms with Crippen molar-refractivity contribution < 1.29 is 4.74 Å². The van der Waals surface area contributed by atoms with Crippen molar-refractivity contribution in [2.45, 2.75) is 32.8 Å². The fourth-order valence-electron chi connectivity index (χ4n) is 2.23. The van der Waals surface area contributed by atoms with Gasteiger partial charge in [-0.05, 0) is 49.3 Å². The molecule has 2 unspecified atom stereocenters. The quantitative estimate of drug-likeness (QED) is 0.734. The number of rotatable bonds is 4. The molecule has 0 aromatic heterocycles. The molecule has 0 N–H and O–H groups in total. The third kappa shape index (κ3) is 3.81. The average molecular weight is 262 g/mol. The summed E-state index contributed by atoms with van der Waals surface area (Å²) < 4.78 is 5.92. The van der Waals surface area contributed by atoms with E-state index in [1.165, 1.54) is 35.5 Å². The van der Waals surface area contributed by atoms with Crippen LogP contribution in [0.15, 0.2) is 36.6 Å². The highest BCUT2D eigenvalue weighted by Gasteiger charge is 2.20. The summed E-state index contributed by atoms with van der Waals surface area (Å²) in [5, 5.41) is 0. The van der Waals surface area contributed by atoms with Crippen molar-refractivity contribution in [1.82, 2.24) is 0 Å². The molecule has 1 heterocycles. The summed E-state index contributed by atoms with van der Waals surface area (Å²) in [4.78, 5) is 0. The highest BCUT2D eigenvalue weighted by molar-refractivity contribution is 7.99. The summed E-state index contributed by atoms with van der Waals surface area (Å²) in [5.74, 6) is 3.28. The maximum atomic E-state index is 5.92. The summed E-state index contributed by atoms with van der Waals surface area (Å²) >= 11 is 2.06. The van der Waals surface area contributed by atoms with Crippen LogP contribution in [0.5, 0.6) is 0 Å². The molecular formula is C16H22OS. The number of allylic oxidation sites excluding steroid dienone is 1. The standard InChI is InChI=1S/C16H22OS/c1-13(15-7-4-3-5-8-15)11-17-14(2)16-9-6-10-18-12-16/h3-5,7-8,11,14,16H,6,9-10,12H2,1-2H3/b13-11-. The van der Waals surface area contributed by atoms with Crippen molar-refractivity contribution >= 4 is 17.3 Å². The lowest BCUT2D eigenvalue weighted by Crippen LogP contribution is -2.24. The molecule has 1 aromatic carbocycles. The largest absolute Gasteiger partial charge is 0.498 e. The van der Waals surface area contributed by atoms with E-state index in [0.717, 1.165) is 0 Å². The first-order valence-corrected chi connectivity index (χ1v) is 7.88. The van der Waals surface area contributed by atoms with Gasteiger partial charge in [-0.15, -0.1) is 0 Å². The number of benzene rings is 1. The maximum Gasteiger partial charge on any atom is 0.0986 e. The normalized spacial score (nSPS) is 22.6. The summed E-state index contributed by atoms with van der Waals surface area (Å²) in [6, 6.07) is 10.4. The van der Waals surface area contributed by atoms with E-state index >= 15 is 0 Å². The minimum atomic E-state index is 0.330. The van der Waals surface area contributed by atoms with E-state index in [1.54, 1.807) is 0 Å². The van der Waals surface area contributed by atoms with Crippen molar-refractivity contribution in [1.29, 1.82) is 0 Å². The van der Waals surface area contributed by atoms with Gasteiger partial charge in [0.15, 0.2) is 0 Å². The molecule has 1 aromatic rings. The topological polar surface area (TPSA) is 9.23 Å². The Labute approximate surface area is 115 Å². The van der Waals surface area contributed by atoms with Crippen LogP contribution in [0.1, 0.15) is 32.3 Å². The predicted molar refractivity (Wildman–Crippen MR) is 80.7 cm³/mol. The highest BCUT2D eigenvalue weighted by Crippen LogP contribution is 2.27. The van der Waals surface area contributed by atoms with Crippen molar-refractivity contribution in [2.75, 3.05) is 11.5 Å². The molecule has 18 heavy (non-hydrogen) atoms. The second-order valence-electron chi connectivity index (χ2n) is 4.99. The van der Waals surface area contributed by atoms with E-state index < -0.39 is 0 Å². The molecule has 2 atom stereocenters. The van der Waals surface area contributed by atoms with E-state index in [4.69, 9.17) is 4.74 Å². The number of hydrogen-bond donors (Lipinski definition) is 0. The van der Waals surface area contributed by atoms with Gasteiger partial charge in [-0.25, -0.2) is 0 Å². The molecule has 2 heteroatoms. The van der Waals surface area contributed by atoms with E-state index in [0.29, 0.717) is 12.0 Å². The van der Waals surface area contributed by atoms with Crippen molar-refractivity contribution in [3.63, 3.8) is 0 Å². The van der Waals surface area contributed by atoms with Crippen molar-refractivity contribution in [2.24, 2.45) is 5.92 Å². The minimum absolute atomic E-state index is 0.330. The van der Waals surface area contributed by atoms with Gasteiger partial charge in [0.2, 0.25) is 0 Å². The lowest BCUT2D eigenvalue weighted by molar-refractivity contribution is 0.107. The second-order valence-corrected chi connectivity index (χ2v) is 6.14. The van der Waals surface area contributed by atoms with Crippen LogP contribution in [-0.4, -0.2) is 17.6 Å². The van der Waals surface area contributed by atoms with Crippen molar-refractivity contribution in [3.8, 4) is 0 Å². The SMILES string of the molecule is C/C(=C/OC(C)C1CCCSC1)c1ccccc1. The van der Waals surface area contributed by atoms with Crippen LogP contribution in [0.4, 0.5) is 0 Å². The van der Waals surface area contributed by atoms with Crippen LogP contribution in [0.3, 0.4) is 0 Å². The van der Waals surface area contributed by atoms with Crippen LogP contribution >= 0.6 is 11.8 Å². The van der Waals surface area contributed by atoms with E-state index in [-0.39, 0.29) is 0 Å². The minimum Gasteiger partial charge on any atom is -0.498 e. The van der Waals surface area contributed by atoms with Crippen LogP contribution in [-0.2, 0) is 4.74 Å². The summed E-state index contributed by atoms with van der Waals surface area (Å²) in [6.07, 6.45) is 4.91. The smallest absolute Gasteiger partial charge is 0.0986 e. The molecule has 0 aliphatic carbocycles. The molecule has 98 valence electrons. The lowest BCUT2D eigenvalue weighted by Gasteiger charge is -2.26. The summed E-state index contributed by atoms with van der Waals surface area (Å²) in [7, 11) is 0. The zero-order valence-electron chi connectivity index (χ0n) is 11.3. The Morgan fingerprint density at radius 2 is 2.17 bits per heavy atom. The Kier molecular flexibility index (Phi) is 5.18. The molecule has 0 radical (unpaired) electrons. The number of hydrogen-bond acceptors (Lipinski definition) is 2. The van der Waals surface area contributed by atoms with Crippen LogP contribution in [0, 0.1) is 5.92 Å². The first-order valence-electron chi connectivity index (χ1n) is 6.73. The average Bonchev–Trinajstić information content (AvgIpc) is 2.46. The van der Waals surface area contributed by atoms with E-state index in [2.05, 4.69) is 49.9 Å². The summed E-state index contributed by atoms with van der Waals surface area (Å²) in [5.41, 5.74) is 2.44. The van der Waals surface area contributed by atoms with Gasteiger partial charge in [0.05, 0.1) is 12.4 Å². The monoisotopic (exact) mass is 262 g/mol. The van der Waals surface area contributed by atoms with Gasteiger partial charge in [0, 0.05) is 5.92 Å². The maximum absolute atomic E-state index is 5.92. The van der Waals surface area contributed by atoms with Crippen LogP contribution in [0.25, 0.3) is 5.57 Å². The second kappa shape index (κ2) is 6.89. The third-order valence-corrected chi connectivity index (χ3v) is 4.79. The zero-order chi connectivity index (χ0) is 12.8. The van der Waals surface area contributed by atoms with Gasteiger partial charge in [0.25, 0.3) is 0 Å².